The van der Waals surface area contributed by atoms with Crippen LogP contribution in [0.3, 0.4) is 0 Å². The van der Waals surface area contributed by atoms with Crippen molar-refractivity contribution < 1.29 is 34.8 Å². The lowest BCUT2D eigenvalue weighted by Gasteiger charge is -2.50. The summed E-state index contributed by atoms with van der Waals surface area (Å²) >= 11 is 1.56. The minimum Gasteiger partial charge on any atom is -0.508 e. The molecular weight excluding hydrogens is 510 g/mol. The lowest BCUT2D eigenvalue weighted by atomic mass is 9.57. The Morgan fingerprint density at radius 2 is 1.92 bits per heavy atom. The Morgan fingerprint density at radius 1 is 1.21 bits per heavy atom. The second-order valence-corrected chi connectivity index (χ2v) is 11.4. The fourth-order valence-electron chi connectivity index (χ4n) is 6.36. The van der Waals surface area contributed by atoms with Crippen LogP contribution in [0, 0.1) is 18.8 Å². The molecule has 1 fully saturated rings. The van der Waals surface area contributed by atoms with Gasteiger partial charge in [-0.15, -0.1) is 11.3 Å². The van der Waals surface area contributed by atoms with Gasteiger partial charge in [0, 0.05) is 16.4 Å². The highest BCUT2D eigenvalue weighted by atomic mass is 32.1. The number of aryl methyl sites for hydroxylation is 3. The molecule has 1 aromatic carbocycles. The van der Waals surface area contributed by atoms with Crippen LogP contribution in [0.25, 0.3) is 5.76 Å². The number of aliphatic hydroxyl groups excluding tert-OH is 2. The summed E-state index contributed by atoms with van der Waals surface area (Å²) in [4.78, 5) is 46.0. The Balaban J connectivity index is 1.64. The summed E-state index contributed by atoms with van der Waals surface area (Å²) in [7, 11) is 3.15. The van der Waals surface area contributed by atoms with E-state index >= 15 is 0 Å². The van der Waals surface area contributed by atoms with E-state index in [1.807, 2.05) is 6.92 Å². The van der Waals surface area contributed by atoms with Crippen molar-refractivity contribution in [1.82, 2.24) is 9.88 Å². The van der Waals surface area contributed by atoms with Crippen LogP contribution in [0.4, 0.5) is 0 Å². The highest BCUT2D eigenvalue weighted by Gasteiger charge is 2.64. The van der Waals surface area contributed by atoms with Crippen LogP contribution >= 0.6 is 11.3 Å². The number of carbonyl (C=O) groups excluding carboxylic acids is 3. The number of ketones is 2. The van der Waals surface area contributed by atoms with E-state index in [1.54, 1.807) is 37.0 Å². The number of aromatic nitrogens is 1. The second-order valence-electron chi connectivity index (χ2n) is 10.4. The number of aromatic hydroxyl groups is 1. The van der Waals surface area contributed by atoms with Crippen molar-refractivity contribution in [2.75, 3.05) is 14.1 Å². The molecule has 200 valence electrons. The molecule has 1 heterocycles. The van der Waals surface area contributed by atoms with E-state index in [4.69, 9.17) is 5.73 Å². The number of fused-ring (bicyclic) bond motifs is 3. The molecule has 11 heteroatoms. The predicted octanol–water partition coefficient (Wildman–Crippen LogP) is 1.51. The predicted molar refractivity (Wildman–Crippen MR) is 139 cm³/mol. The highest BCUT2D eigenvalue weighted by Crippen LogP contribution is 2.53. The van der Waals surface area contributed by atoms with E-state index in [-0.39, 0.29) is 29.7 Å². The van der Waals surface area contributed by atoms with E-state index in [1.165, 1.54) is 11.0 Å². The lowest BCUT2D eigenvalue weighted by Crippen LogP contribution is -2.65. The Kier molecular flexibility index (Phi) is 6.20. The summed E-state index contributed by atoms with van der Waals surface area (Å²) in [5.74, 6) is -6.51. The number of Topliss-reactive ketones (excluding diaryl/α,β-unsaturated/α-hetero) is 2. The summed E-state index contributed by atoms with van der Waals surface area (Å²) in [6.45, 7) is 1.94. The first-order valence-electron chi connectivity index (χ1n) is 12.3. The fraction of sp³-hybridized carbons (Fsp3) is 0.407. The molecule has 38 heavy (non-hydrogen) atoms. The zero-order valence-corrected chi connectivity index (χ0v) is 22.0. The van der Waals surface area contributed by atoms with E-state index in [0.29, 0.717) is 18.4 Å². The summed E-state index contributed by atoms with van der Waals surface area (Å²) in [5, 5.41) is 44.6. The van der Waals surface area contributed by atoms with Crippen LogP contribution in [0.5, 0.6) is 5.75 Å². The van der Waals surface area contributed by atoms with Crippen molar-refractivity contribution in [1.29, 1.82) is 0 Å². The molecule has 1 aromatic heterocycles. The van der Waals surface area contributed by atoms with Gasteiger partial charge in [0.2, 0.25) is 5.78 Å². The Hall–Kier alpha value is -3.54. The molecule has 5 rings (SSSR count). The minimum atomic E-state index is -2.64. The maximum absolute atomic E-state index is 13.9. The van der Waals surface area contributed by atoms with Crippen molar-refractivity contribution in [3.63, 3.8) is 0 Å². The van der Waals surface area contributed by atoms with Gasteiger partial charge in [-0.2, -0.15) is 0 Å². The first kappa shape index (κ1) is 26.1. The maximum Gasteiger partial charge on any atom is 0.255 e. The Labute approximate surface area is 222 Å². The van der Waals surface area contributed by atoms with E-state index < -0.39 is 58.0 Å². The van der Waals surface area contributed by atoms with Gasteiger partial charge >= 0.3 is 0 Å². The average molecular weight is 540 g/mol. The zero-order chi connectivity index (χ0) is 27.7. The first-order chi connectivity index (χ1) is 17.9. The monoisotopic (exact) mass is 539 g/mol. The normalized spacial score (nSPS) is 26.9. The number of hydrogen-bond acceptors (Lipinski definition) is 10. The molecule has 4 atom stereocenters. The molecule has 3 aliphatic carbocycles. The van der Waals surface area contributed by atoms with Crippen LogP contribution in [-0.2, 0) is 33.6 Å². The third-order valence-electron chi connectivity index (χ3n) is 8.17. The number of carbonyl (C=O) groups is 3. The quantitative estimate of drug-likeness (QED) is 0.353. The standard InChI is InChI=1S/C27H29N3O7S/c1-11-17(38-10-29-11)7-5-12-4-6-16(31)19-14(12)8-13-9-15-21(30(2)3)23(33)20(26(28)36)25(35)27(15,37)24(34)18(13)22(19)32/h4,6,10,13,15,21,31-32,35,37H,5,7-9H2,1-3H3,(H2,28,36)/t13-,15-,21-,27-/m0/s1. The van der Waals surface area contributed by atoms with Gasteiger partial charge < -0.3 is 26.2 Å². The van der Waals surface area contributed by atoms with Gasteiger partial charge in [-0.05, 0) is 69.8 Å². The Morgan fingerprint density at radius 3 is 2.53 bits per heavy atom. The van der Waals surface area contributed by atoms with Crippen molar-refractivity contribution in [3.05, 3.63) is 61.8 Å². The number of hydrogen-bond donors (Lipinski definition) is 5. The minimum absolute atomic E-state index is 0.0643. The third-order valence-corrected chi connectivity index (χ3v) is 9.16. The molecule has 10 nitrogen and oxygen atoms in total. The molecule has 2 aromatic rings. The van der Waals surface area contributed by atoms with Gasteiger partial charge in [0.25, 0.3) is 5.91 Å². The van der Waals surface area contributed by atoms with Gasteiger partial charge in [-0.3, -0.25) is 19.3 Å². The second kappa shape index (κ2) is 9.04. The number of likely N-dealkylation sites (N-methyl/N-ethyl adjacent to an activating group) is 1. The topological polar surface area (TPSA) is 174 Å². The molecule has 0 bridgehead atoms. The van der Waals surface area contributed by atoms with Gasteiger partial charge in [-0.25, -0.2) is 4.98 Å². The van der Waals surface area contributed by atoms with Crippen LogP contribution in [0.15, 0.2) is 34.5 Å². The van der Waals surface area contributed by atoms with Crippen molar-refractivity contribution >= 4 is 34.6 Å². The van der Waals surface area contributed by atoms with Crippen molar-refractivity contribution in [3.8, 4) is 5.75 Å². The zero-order valence-electron chi connectivity index (χ0n) is 21.2. The largest absolute Gasteiger partial charge is 0.508 e. The van der Waals surface area contributed by atoms with Crippen LogP contribution in [-0.4, -0.2) is 73.5 Å². The Bertz CT molecular complexity index is 1460. The maximum atomic E-state index is 13.9. The highest BCUT2D eigenvalue weighted by molar-refractivity contribution is 7.09. The van der Waals surface area contributed by atoms with Crippen molar-refractivity contribution in [2.24, 2.45) is 17.6 Å². The number of amides is 1. The van der Waals surface area contributed by atoms with Crippen LogP contribution in [0.1, 0.15) is 33.7 Å². The number of benzene rings is 1. The smallest absolute Gasteiger partial charge is 0.255 e. The van der Waals surface area contributed by atoms with Gasteiger partial charge in [-0.1, -0.05) is 6.07 Å². The molecule has 0 unspecified atom stereocenters. The molecule has 6 N–H and O–H groups in total. The summed E-state index contributed by atoms with van der Waals surface area (Å²) < 4.78 is 0. The van der Waals surface area contributed by atoms with Crippen molar-refractivity contribution in [2.45, 2.75) is 44.2 Å². The first-order valence-corrected chi connectivity index (χ1v) is 13.1. The number of nitrogens with zero attached hydrogens (tertiary/aromatic N) is 2. The molecule has 3 aliphatic rings. The third kappa shape index (κ3) is 3.60. The van der Waals surface area contributed by atoms with Crippen LogP contribution < -0.4 is 5.73 Å². The molecule has 0 aliphatic heterocycles. The molecule has 0 spiro atoms. The average Bonchev–Trinajstić information content (AvgIpc) is 3.25. The summed E-state index contributed by atoms with van der Waals surface area (Å²) in [6.07, 6.45) is 1.67. The number of aliphatic hydroxyl groups is 3. The molecular formula is C27H29N3O7S. The van der Waals surface area contributed by atoms with E-state index in [0.717, 1.165) is 16.1 Å². The SMILES string of the molecule is Cc1ncsc1CCc1ccc(O)c2c1C[C@H]1C[C@H]3[C@H](N(C)C)C(=O)C(C(N)=O)=C(O)[C@@]3(O)C(=O)C1=C2O. The van der Waals surface area contributed by atoms with Gasteiger partial charge in [0.1, 0.15) is 22.8 Å². The summed E-state index contributed by atoms with van der Waals surface area (Å²) in [5.41, 5.74) is 6.17. The van der Waals surface area contributed by atoms with Gasteiger partial charge in [0.15, 0.2) is 11.4 Å². The number of thiazole rings is 1. The molecule has 0 saturated heterocycles. The fourth-order valence-corrected chi connectivity index (χ4v) is 7.14. The molecule has 1 saturated carbocycles. The van der Waals surface area contributed by atoms with Gasteiger partial charge in [0.05, 0.1) is 22.8 Å². The molecule has 1 amide bonds. The number of nitrogens with two attached hydrogens (primary N) is 1. The lowest BCUT2D eigenvalue weighted by molar-refractivity contribution is -0.153. The summed E-state index contributed by atoms with van der Waals surface area (Å²) in [6, 6.07) is 2.15. The van der Waals surface area contributed by atoms with E-state index in [9.17, 15) is 34.8 Å². The number of phenols is 1. The number of rotatable bonds is 5. The molecule has 0 radical (unpaired) electrons. The number of phenolic OH excluding ortho intramolecular Hbond substituents is 1. The van der Waals surface area contributed by atoms with Crippen LogP contribution in [0.2, 0.25) is 0 Å². The van der Waals surface area contributed by atoms with E-state index in [2.05, 4.69) is 4.98 Å². The number of primary amides is 1.